The molecule has 9 nitrogen and oxygen atoms in total. The number of anilines is 2. The fourth-order valence-electron chi connectivity index (χ4n) is 4.03. The van der Waals surface area contributed by atoms with Crippen molar-refractivity contribution in [3.8, 4) is 0 Å². The number of carbonyl (C=O) groups is 2. The normalized spacial score (nSPS) is 17.9. The molecule has 0 aliphatic carbocycles. The monoisotopic (exact) mass is 511 g/mol. The molecule has 1 aliphatic rings. The minimum absolute atomic E-state index is 0.00542. The van der Waals surface area contributed by atoms with Crippen LogP contribution in [0.5, 0.6) is 0 Å². The standard InChI is InChI=1S/C24H22ClN5O4S/c25-18-6-4-13(30-24(33)19-2-1-7-35-19)8-16(18)21(32)17-9-26-22-20(17)23(28-12-27-22)29-14-3-5-15(10-31)34-11-14/h1-2,4,6-9,12,14-15,31H,3,5,10-11H2,(H,30,33)(H2,26,27,28,29)/t14-,15+/m1/s1. The number of H-pyrrole nitrogens is 1. The molecule has 1 aliphatic heterocycles. The Kier molecular flexibility index (Phi) is 6.78. The summed E-state index contributed by atoms with van der Waals surface area (Å²) in [5.74, 6) is -0.0775. The number of benzene rings is 1. The van der Waals surface area contributed by atoms with Crippen LogP contribution in [0.1, 0.15) is 38.4 Å². The van der Waals surface area contributed by atoms with Gasteiger partial charge in [0.25, 0.3) is 5.91 Å². The number of amides is 1. The largest absolute Gasteiger partial charge is 0.394 e. The average Bonchev–Trinajstić information content (AvgIpc) is 3.56. The number of ketones is 1. The lowest BCUT2D eigenvalue weighted by Crippen LogP contribution is -2.36. The van der Waals surface area contributed by atoms with Crippen LogP contribution in [0.4, 0.5) is 11.5 Å². The number of ether oxygens (including phenoxy) is 1. The highest BCUT2D eigenvalue weighted by Gasteiger charge is 2.25. The first-order valence-electron chi connectivity index (χ1n) is 11.0. The van der Waals surface area contributed by atoms with E-state index in [1.165, 1.54) is 17.7 Å². The van der Waals surface area contributed by atoms with E-state index in [-0.39, 0.29) is 41.0 Å². The maximum absolute atomic E-state index is 13.6. The number of fused-ring (bicyclic) bond motifs is 1. The number of hydrogen-bond acceptors (Lipinski definition) is 8. The Morgan fingerprint density at radius 2 is 2.11 bits per heavy atom. The number of rotatable bonds is 7. The molecule has 0 bridgehead atoms. The van der Waals surface area contributed by atoms with Gasteiger partial charge < -0.3 is 25.5 Å². The molecule has 1 saturated heterocycles. The topological polar surface area (TPSA) is 129 Å². The zero-order valence-electron chi connectivity index (χ0n) is 18.5. The molecule has 0 radical (unpaired) electrons. The molecule has 1 fully saturated rings. The second kappa shape index (κ2) is 10.1. The van der Waals surface area contributed by atoms with Gasteiger partial charge in [-0.15, -0.1) is 11.3 Å². The lowest BCUT2D eigenvalue weighted by Gasteiger charge is -2.29. The van der Waals surface area contributed by atoms with Crippen molar-refractivity contribution in [2.45, 2.75) is 25.0 Å². The molecule has 1 amide bonds. The smallest absolute Gasteiger partial charge is 0.265 e. The van der Waals surface area contributed by atoms with Crippen molar-refractivity contribution in [1.29, 1.82) is 0 Å². The van der Waals surface area contributed by atoms with Crippen molar-refractivity contribution in [1.82, 2.24) is 15.0 Å². The Labute approximate surface area is 209 Å². The number of aromatic nitrogens is 3. The van der Waals surface area contributed by atoms with E-state index in [2.05, 4.69) is 25.6 Å². The second-order valence-electron chi connectivity index (χ2n) is 8.16. The van der Waals surface area contributed by atoms with Crippen LogP contribution < -0.4 is 10.6 Å². The highest BCUT2D eigenvalue weighted by Crippen LogP contribution is 2.30. The van der Waals surface area contributed by atoms with Gasteiger partial charge in [0, 0.05) is 17.4 Å². The maximum Gasteiger partial charge on any atom is 0.265 e. The minimum atomic E-state index is -0.327. The molecule has 1 aromatic carbocycles. The average molecular weight is 512 g/mol. The Bertz CT molecular complexity index is 1370. The third-order valence-corrected chi connectivity index (χ3v) is 7.04. The van der Waals surface area contributed by atoms with Crippen LogP contribution in [0.2, 0.25) is 5.02 Å². The zero-order valence-corrected chi connectivity index (χ0v) is 20.0. The van der Waals surface area contributed by atoms with Gasteiger partial charge in [-0.25, -0.2) is 9.97 Å². The highest BCUT2D eigenvalue weighted by molar-refractivity contribution is 7.12. The number of nitrogens with one attached hydrogen (secondary N) is 3. The number of aliphatic hydroxyl groups excluding tert-OH is 1. The van der Waals surface area contributed by atoms with E-state index in [0.717, 1.165) is 12.8 Å². The second-order valence-corrected chi connectivity index (χ2v) is 9.51. The summed E-state index contributed by atoms with van der Waals surface area (Å²) in [4.78, 5) is 38.2. The third kappa shape index (κ3) is 4.92. The molecule has 180 valence electrons. The summed E-state index contributed by atoms with van der Waals surface area (Å²) in [6.07, 6.45) is 4.36. The number of aliphatic hydroxyl groups is 1. The molecule has 4 heterocycles. The van der Waals surface area contributed by atoms with Gasteiger partial charge in [-0.3, -0.25) is 9.59 Å². The first-order chi connectivity index (χ1) is 17.0. The molecule has 0 spiro atoms. The van der Waals surface area contributed by atoms with Crippen LogP contribution in [-0.4, -0.2) is 57.1 Å². The lowest BCUT2D eigenvalue weighted by atomic mass is 10.0. The molecular weight excluding hydrogens is 490 g/mol. The highest BCUT2D eigenvalue weighted by atomic mass is 35.5. The first-order valence-corrected chi connectivity index (χ1v) is 12.3. The number of carbonyl (C=O) groups excluding carboxylic acids is 2. The van der Waals surface area contributed by atoms with Crippen LogP contribution in [0.3, 0.4) is 0 Å². The fraction of sp³-hybridized carbons (Fsp3) is 0.250. The van der Waals surface area contributed by atoms with Crippen molar-refractivity contribution in [2.75, 3.05) is 23.8 Å². The Hall–Kier alpha value is -3.31. The molecular formula is C24H22ClN5O4S. The van der Waals surface area contributed by atoms with Gasteiger partial charge in [0.1, 0.15) is 17.8 Å². The first kappa shape index (κ1) is 23.4. The molecule has 0 unspecified atom stereocenters. The molecule has 4 N–H and O–H groups in total. The van der Waals surface area contributed by atoms with E-state index in [1.54, 1.807) is 36.5 Å². The van der Waals surface area contributed by atoms with Crippen LogP contribution in [0.25, 0.3) is 11.0 Å². The number of nitrogens with zero attached hydrogens (tertiary/aromatic N) is 2. The predicted molar refractivity (Wildman–Crippen MR) is 135 cm³/mol. The number of hydrogen-bond donors (Lipinski definition) is 4. The number of aromatic amines is 1. The molecule has 0 saturated carbocycles. The lowest BCUT2D eigenvalue weighted by molar-refractivity contribution is -0.0224. The van der Waals surface area contributed by atoms with Gasteiger partial charge in [-0.1, -0.05) is 17.7 Å². The molecule has 11 heteroatoms. The van der Waals surface area contributed by atoms with Gasteiger partial charge in [0.05, 0.1) is 46.2 Å². The maximum atomic E-state index is 13.6. The van der Waals surface area contributed by atoms with Gasteiger partial charge in [0.2, 0.25) is 0 Å². The van der Waals surface area contributed by atoms with Gasteiger partial charge in [-0.2, -0.15) is 0 Å². The summed E-state index contributed by atoms with van der Waals surface area (Å²) in [5, 5.41) is 18.1. The van der Waals surface area contributed by atoms with Gasteiger partial charge >= 0.3 is 0 Å². The van der Waals surface area contributed by atoms with Gasteiger partial charge in [-0.05, 0) is 42.5 Å². The van der Waals surface area contributed by atoms with E-state index < -0.39 is 0 Å². The summed E-state index contributed by atoms with van der Waals surface area (Å²) in [6.45, 7) is 0.413. The predicted octanol–water partition coefficient (Wildman–Crippen LogP) is 4.11. The van der Waals surface area contributed by atoms with Crippen molar-refractivity contribution < 1.29 is 19.4 Å². The molecule has 3 aromatic heterocycles. The van der Waals surface area contributed by atoms with Crippen LogP contribution >= 0.6 is 22.9 Å². The summed E-state index contributed by atoms with van der Waals surface area (Å²) in [6, 6.07) is 8.30. The van der Waals surface area contributed by atoms with Crippen molar-refractivity contribution in [2.24, 2.45) is 0 Å². The number of thiophene rings is 1. The molecule has 35 heavy (non-hydrogen) atoms. The SMILES string of the molecule is O=C(Nc1ccc(Cl)c(C(=O)c2c[nH]c3ncnc(N[C@@H]4CC[C@@H](CO)OC4)c23)c1)c1cccs1. The quantitative estimate of drug-likeness (QED) is 0.275. The summed E-state index contributed by atoms with van der Waals surface area (Å²) in [7, 11) is 0. The Morgan fingerprint density at radius 3 is 2.86 bits per heavy atom. The van der Waals surface area contributed by atoms with Crippen molar-refractivity contribution >= 4 is 57.2 Å². The Morgan fingerprint density at radius 1 is 1.23 bits per heavy atom. The molecule has 5 rings (SSSR count). The van der Waals surface area contributed by atoms with E-state index >= 15 is 0 Å². The van der Waals surface area contributed by atoms with Crippen molar-refractivity contribution in [3.05, 3.63) is 69.3 Å². The molecule has 4 aromatic rings. The fourth-order valence-corrected chi connectivity index (χ4v) is 4.85. The summed E-state index contributed by atoms with van der Waals surface area (Å²) >= 11 is 7.72. The van der Waals surface area contributed by atoms with Crippen molar-refractivity contribution in [3.63, 3.8) is 0 Å². The van der Waals surface area contributed by atoms with Crippen LogP contribution in [-0.2, 0) is 4.74 Å². The van der Waals surface area contributed by atoms with E-state index in [1.807, 2.05) is 5.38 Å². The summed E-state index contributed by atoms with van der Waals surface area (Å²) in [5.41, 5.74) is 1.58. The zero-order chi connectivity index (χ0) is 24.4. The van der Waals surface area contributed by atoms with Crippen LogP contribution in [0.15, 0.2) is 48.2 Å². The Balaban J connectivity index is 1.42. The van der Waals surface area contributed by atoms with E-state index in [4.69, 9.17) is 16.3 Å². The van der Waals surface area contributed by atoms with E-state index in [9.17, 15) is 14.7 Å². The third-order valence-electron chi connectivity index (χ3n) is 5.84. The van der Waals surface area contributed by atoms with Crippen LogP contribution in [0, 0.1) is 0 Å². The van der Waals surface area contributed by atoms with E-state index in [0.29, 0.717) is 39.6 Å². The molecule has 2 atom stereocenters. The number of halogens is 1. The summed E-state index contributed by atoms with van der Waals surface area (Å²) < 4.78 is 5.66. The minimum Gasteiger partial charge on any atom is -0.394 e. The van der Waals surface area contributed by atoms with Gasteiger partial charge in [0.15, 0.2) is 5.78 Å².